The Morgan fingerprint density at radius 1 is 1.50 bits per heavy atom. The first-order valence-electron chi connectivity index (χ1n) is 3.89. The average Bonchev–Trinajstić information content (AvgIpc) is 2.11. The highest BCUT2D eigenvalue weighted by atomic mass is 35.5. The molecule has 0 aliphatic heterocycles. The molecule has 0 radical (unpaired) electrons. The first kappa shape index (κ1) is 11.3. The number of amides is 1. The van der Waals surface area contributed by atoms with Gasteiger partial charge in [0.2, 0.25) is 5.91 Å². The van der Waals surface area contributed by atoms with Crippen LogP contribution in [0.5, 0.6) is 0 Å². The third-order valence-electron chi connectivity index (χ3n) is 1.65. The van der Waals surface area contributed by atoms with E-state index < -0.39 is 5.82 Å². The van der Waals surface area contributed by atoms with E-state index >= 15 is 0 Å². The highest BCUT2D eigenvalue weighted by Gasteiger charge is 2.10. The molecule has 2 nitrogen and oxygen atoms in total. The van der Waals surface area contributed by atoms with Crippen LogP contribution in [0.25, 0.3) is 0 Å². The molecule has 0 spiro atoms. The SMILES string of the molecule is CC(=O)NCc1c(F)ccc(Cl)c1Cl. The molecule has 1 N–H and O–H groups in total. The summed E-state index contributed by atoms with van der Waals surface area (Å²) in [6.07, 6.45) is 0. The quantitative estimate of drug-likeness (QED) is 0.786. The van der Waals surface area contributed by atoms with E-state index in [1.54, 1.807) is 0 Å². The van der Waals surface area contributed by atoms with Crippen LogP contribution < -0.4 is 5.32 Å². The molecular weight excluding hydrogens is 228 g/mol. The molecule has 1 rings (SSSR count). The first-order chi connectivity index (χ1) is 6.52. The van der Waals surface area contributed by atoms with E-state index in [-0.39, 0.29) is 28.1 Å². The van der Waals surface area contributed by atoms with Crippen LogP contribution in [0.3, 0.4) is 0 Å². The van der Waals surface area contributed by atoms with Crippen molar-refractivity contribution in [3.63, 3.8) is 0 Å². The highest BCUT2D eigenvalue weighted by molar-refractivity contribution is 6.42. The molecule has 0 saturated heterocycles. The van der Waals surface area contributed by atoms with Gasteiger partial charge >= 0.3 is 0 Å². The van der Waals surface area contributed by atoms with Crippen LogP contribution in [0.1, 0.15) is 12.5 Å². The van der Waals surface area contributed by atoms with E-state index in [1.165, 1.54) is 19.1 Å². The summed E-state index contributed by atoms with van der Waals surface area (Å²) in [5.74, 6) is -0.728. The fourth-order valence-electron chi connectivity index (χ4n) is 0.944. The molecule has 0 aliphatic carbocycles. The van der Waals surface area contributed by atoms with Crippen molar-refractivity contribution >= 4 is 29.1 Å². The van der Waals surface area contributed by atoms with Crippen molar-refractivity contribution in [2.75, 3.05) is 0 Å². The molecule has 0 saturated carbocycles. The lowest BCUT2D eigenvalue weighted by atomic mass is 10.2. The number of hydrogen-bond donors (Lipinski definition) is 1. The van der Waals surface area contributed by atoms with Crippen LogP contribution in [0.15, 0.2) is 12.1 Å². The number of hydrogen-bond acceptors (Lipinski definition) is 1. The van der Waals surface area contributed by atoms with Gasteiger partial charge in [-0.05, 0) is 12.1 Å². The minimum absolute atomic E-state index is 0.0422. The minimum Gasteiger partial charge on any atom is -0.352 e. The zero-order valence-corrected chi connectivity index (χ0v) is 8.92. The molecule has 0 fully saturated rings. The number of carbonyl (C=O) groups excluding carboxylic acids is 1. The number of carbonyl (C=O) groups is 1. The summed E-state index contributed by atoms with van der Waals surface area (Å²) in [7, 11) is 0. The van der Waals surface area contributed by atoms with Crippen LogP contribution in [-0.4, -0.2) is 5.91 Å². The van der Waals surface area contributed by atoms with E-state index in [9.17, 15) is 9.18 Å². The van der Waals surface area contributed by atoms with Gasteiger partial charge in [0.1, 0.15) is 5.82 Å². The molecule has 0 aromatic heterocycles. The van der Waals surface area contributed by atoms with Gasteiger partial charge in [0.25, 0.3) is 0 Å². The second-order valence-electron chi connectivity index (χ2n) is 2.73. The molecule has 0 unspecified atom stereocenters. The summed E-state index contributed by atoms with van der Waals surface area (Å²) >= 11 is 11.4. The van der Waals surface area contributed by atoms with Crippen LogP contribution >= 0.6 is 23.2 Å². The van der Waals surface area contributed by atoms with Crippen LogP contribution in [0.4, 0.5) is 4.39 Å². The van der Waals surface area contributed by atoms with Crippen LogP contribution in [0.2, 0.25) is 10.0 Å². The standard InChI is InChI=1S/C9H8Cl2FNO/c1-5(14)13-4-6-8(12)3-2-7(10)9(6)11/h2-3H,4H2,1H3,(H,13,14). The molecular formula is C9H8Cl2FNO. The van der Waals surface area contributed by atoms with Gasteiger partial charge in [0, 0.05) is 19.0 Å². The fourth-order valence-corrected chi connectivity index (χ4v) is 1.34. The molecule has 76 valence electrons. The molecule has 1 aromatic rings. The van der Waals surface area contributed by atoms with Crippen molar-refractivity contribution in [2.45, 2.75) is 13.5 Å². The number of rotatable bonds is 2. The van der Waals surface area contributed by atoms with Crippen molar-refractivity contribution < 1.29 is 9.18 Å². The molecule has 5 heteroatoms. The first-order valence-corrected chi connectivity index (χ1v) is 4.64. The molecule has 0 atom stereocenters. The Balaban J connectivity index is 2.95. The van der Waals surface area contributed by atoms with Crippen molar-refractivity contribution in [3.05, 3.63) is 33.6 Å². The normalized spacial score (nSPS) is 10.0. The summed E-state index contributed by atoms with van der Waals surface area (Å²) < 4.78 is 13.2. The van der Waals surface area contributed by atoms with Crippen LogP contribution in [-0.2, 0) is 11.3 Å². The Labute approximate surface area is 91.0 Å². The molecule has 0 heterocycles. The maximum atomic E-state index is 13.2. The summed E-state index contributed by atoms with van der Waals surface area (Å²) in [4.78, 5) is 10.6. The molecule has 1 amide bonds. The lowest BCUT2D eigenvalue weighted by Crippen LogP contribution is -2.19. The van der Waals surface area contributed by atoms with Crippen molar-refractivity contribution in [1.29, 1.82) is 0 Å². The van der Waals surface area contributed by atoms with Gasteiger partial charge in [-0.2, -0.15) is 0 Å². The third-order valence-corrected chi connectivity index (χ3v) is 2.50. The number of benzene rings is 1. The zero-order chi connectivity index (χ0) is 10.7. The Kier molecular flexibility index (Phi) is 3.72. The summed E-state index contributed by atoms with van der Waals surface area (Å²) in [6, 6.07) is 2.59. The van der Waals surface area contributed by atoms with Gasteiger partial charge in [-0.15, -0.1) is 0 Å². The van der Waals surface area contributed by atoms with Gasteiger partial charge in [0.15, 0.2) is 0 Å². The number of halogens is 3. The minimum atomic E-state index is -0.479. The van der Waals surface area contributed by atoms with E-state index in [1.807, 2.05) is 0 Å². The third kappa shape index (κ3) is 2.59. The Morgan fingerprint density at radius 2 is 2.14 bits per heavy atom. The maximum absolute atomic E-state index is 13.2. The van der Waals surface area contributed by atoms with E-state index in [2.05, 4.69) is 5.32 Å². The average molecular weight is 236 g/mol. The maximum Gasteiger partial charge on any atom is 0.217 e. The van der Waals surface area contributed by atoms with Crippen LogP contribution in [0, 0.1) is 5.82 Å². The molecule has 14 heavy (non-hydrogen) atoms. The highest BCUT2D eigenvalue weighted by Crippen LogP contribution is 2.27. The lowest BCUT2D eigenvalue weighted by molar-refractivity contribution is -0.119. The Morgan fingerprint density at radius 3 is 2.71 bits per heavy atom. The van der Waals surface area contributed by atoms with Crippen molar-refractivity contribution in [1.82, 2.24) is 5.32 Å². The van der Waals surface area contributed by atoms with Gasteiger partial charge in [-0.3, -0.25) is 4.79 Å². The van der Waals surface area contributed by atoms with Gasteiger partial charge in [-0.25, -0.2) is 4.39 Å². The Hall–Kier alpha value is -0.800. The Bertz CT molecular complexity index is 368. The predicted molar refractivity (Wildman–Crippen MR) is 53.9 cm³/mol. The monoisotopic (exact) mass is 235 g/mol. The summed E-state index contributed by atoms with van der Waals surface area (Å²) in [5.41, 5.74) is 0.203. The van der Waals surface area contributed by atoms with Gasteiger partial charge in [-0.1, -0.05) is 23.2 Å². The number of nitrogens with one attached hydrogen (secondary N) is 1. The van der Waals surface area contributed by atoms with Crippen molar-refractivity contribution in [3.8, 4) is 0 Å². The van der Waals surface area contributed by atoms with E-state index in [4.69, 9.17) is 23.2 Å². The zero-order valence-electron chi connectivity index (χ0n) is 7.40. The van der Waals surface area contributed by atoms with Crippen molar-refractivity contribution in [2.24, 2.45) is 0 Å². The molecule has 0 bridgehead atoms. The van der Waals surface area contributed by atoms with Gasteiger partial charge in [0.05, 0.1) is 10.0 Å². The summed E-state index contributed by atoms with van der Waals surface area (Å²) in [6.45, 7) is 1.39. The largest absolute Gasteiger partial charge is 0.352 e. The second-order valence-corrected chi connectivity index (χ2v) is 3.52. The van der Waals surface area contributed by atoms with E-state index in [0.717, 1.165) is 0 Å². The molecule has 0 aliphatic rings. The second kappa shape index (κ2) is 4.62. The topological polar surface area (TPSA) is 29.1 Å². The lowest BCUT2D eigenvalue weighted by Gasteiger charge is -2.07. The van der Waals surface area contributed by atoms with E-state index in [0.29, 0.717) is 0 Å². The predicted octanol–water partition coefficient (Wildman–Crippen LogP) is 2.77. The smallest absolute Gasteiger partial charge is 0.217 e. The van der Waals surface area contributed by atoms with Gasteiger partial charge < -0.3 is 5.32 Å². The fraction of sp³-hybridized carbons (Fsp3) is 0.222. The summed E-state index contributed by atoms with van der Waals surface area (Å²) in [5, 5.41) is 2.86. The molecule has 1 aromatic carbocycles.